The molecule has 1 fully saturated rings. The first kappa shape index (κ1) is 15.1. The second kappa shape index (κ2) is 7.00. The summed E-state index contributed by atoms with van der Waals surface area (Å²) in [6.07, 6.45) is 0.750. The van der Waals surface area contributed by atoms with E-state index >= 15 is 0 Å². The number of β-amino-alcohol motifs (C(OH)–C–C–N with tert-alkyl or cyclic N) is 1. The third kappa shape index (κ3) is 3.52. The van der Waals surface area contributed by atoms with E-state index in [2.05, 4.69) is 19.8 Å². The number of benzene rings is 1. The van der Waals surface area contributed by atoms with Crippen LogP contribution in [0.5, 0.6) is 0 Å². The van der Waals surface area contributed by atoms with Gasteiger partial charge in [-0.3, -0.25) is 9.69 Å². The van der Waals surface area contributed by atoms with Gasteiger partial charge in [0.1, 0.15) is 5.82 Å². The third-order valence-corrected chi connectivity index (χ3v) is 4.21. The van der Waals surface area contributed by atoms with Gasteiger partial charge < -0.3 is 15.0 Å². The van der Waals surface area contributed by atoms with Gasteiger partial charge in [0.15, 0.2) is 0 Å². The molecule has 22 heavy (non-hydrogen) atoms. The minimum Gasteiger partial charge on any atom is -0.395 e. The molecule has 0 atom stereocenters. The van der Waals surface area contributed by atoms with Gasteiger partial charge in [0.2, 0.25) is 0 Å². The maximum Gasteiger partial charge on any atom is 0.258 e. The summed E-state index contributed by atoms with van der Waals surface area (Å²) in [4.78, 5) is 24.1. The lowest BCUT2D eigenvalue weighted by molar-refractivity contribution is 0.113. The number of aromatic nitrogens is 2. The van der Waals surface area contributed by atoms with Crippen molar-refractivity contribution in [1.82, 2.24) is 19.8 Å². The first-order valence-electron chi connectivity index (χ1n) is 7.80. The number of aliphatic hydroxyl groups is 1. The van der Waals surface area contributed by atoms with E-state index in [0.717, 1.165) is 57.0 Å². The predicted molar refractivity (Wildman–Crippen MR) is 86.0 cm³/mol. The first-order chi connectivity index (χ1) is 10.8. The van der Waals surface area contributed by atoms with Crippen molar-refractivity contribution >= 4 is 10.9 Å². The average Bonchev–Trinajstić information content (AvgIpc) is 2.55. The maximum atomic E-state index is 12.0. The second-order valence-electron chi connectivity index (χ2n) is 5.69. The van der Waals surface area contributed by atoms with Gasteiger partial charge in [0.25, 0.3) is 5.56 Å². The van der Waals surface area contributed by atoms with Crippen molar-refractivity contribution in [3.8, 4) is 0 Å². The van der Waals surface area contributed by atoms with Crippen LogP contribution in [-0.2, 0) is 6.42 Å². The molecule has 1 saturated heterocycles. The topological polar surface area (TPSA) is 72.5 Å². The van der Waals surface area contributed by atoms with E-state index in [9.17, 15) is 4.79 Å². The summed E-state index contributed by atoms with van der Waals surface area (Å²) < 4.78 is 0. The van der Waals surface area contributed by atoms with Crippen molar-refractivity contribution in [3.05, 3.63) is 40.4 Å². The Morgan fingerprint density at radius 1 is 1.09 bits per heavy atom. The molecule has 1 aromatic heterocycles. The number of fused-ring (bicyclic) bond motifs is 1. The van der Waals surface area contributed by atoms with Crippen molar-refractivity contribution < 1.29 is 5.11 Å². The number of nitrogens with one attached hydrogen (secondary N) is 1. The van der Waals surface area contributed by atoms with Crippen LogP contribution in [0.4, 0.5) is 0 Å². The first-order valence-corrected chi connectivity index (χ1v) is 7.80. The van der Waals surface area contributed by atoms with E-state index in [1.54, 1.807) is 6.07 Å². The summed E-state index contributed by atoms with van der Waals surface area (Å²) in [5, 5.41) is 9.59. The fourth-order valence-electron chi connectivity index (χ4n) is 2.90. The van der Waals surface area contributed by atoms with Crippen molar-refractivity contribution in [3.63, 3.8) is 0 Å². The zero-order valence-electron chi connectivity index (χ0n) is 12.7. The van der Waals surface area contributed by atoms with Gasteiger partial charge in [-0.1, -0.05) is 12.1 Å². The van der Waals surface area contributed by atoms with E-state index < -0.39 is 0 Å². The lowest BCUT2D eigenvalue weighted by Gasteiger charge is -2.34. The molecule has 6 nitrogen and oxygen atoms in total. The van der Waals surface area contributed by atoms with Crippen molar-refractivity contribution in [1.29, 1.82) is 0 Å². The highest BCUT2D eigenvalue weighted by Gasteiger charge is 2.16. The van der Waals surface area contributed by atoms with Gasteiger partial charge in [0.05, 0.1) is 17.5 Å². The van der Waals surface area contributed by atoms with Gasteiger partial charge in [-0.25, -0.2) is 4.98 Å². The number of hydrogen-bond acceptors (Lipinski definition) is 5. The zero-order chi connectivity index (χ0) is 15.4. The number of para-hydroxylation sites is 1. The van der Waals surface area contributed by atoms with Crippen LogP contribution in [0.1, 0.15) is 5.82 Å². The maximum absolute atomic E-state index is 12.0. The summed E-state index contributed by atoms with van der Waals surface area (Å²) in [6, 6.07) is 7.43. The molecule has 0 spiro atoms. The van der Waals surface area contributed by atoms with Crippen LogP contribution in [0.25, 0.3) is 10.9 Å². The quantitative estimate of drug-likeness (QED) is 0.818. The van der Waals surface area contributed by atoms with E-state index in [1.165, 1.54) is 0 Å². The zero-order valence-corrected chi connectivity index (χ0v) is 12.7. The number of piperazine rings is 1. The Labute approximate surface area is 129 Å². The van der Waals surface area contributed by atoms with Gasteiger partial charge in [0, 0.05) is 45.7 Å². The van der Waals surface area contributed by atoms with Crippen LogP contribution < -0.4 is 5.56 Å². The number of aromatic amines is 1. The van der Waals surface area contributed by atoms with Crippen LogP contribution in [0.3, 0.4) is 0 Å². The second-order valence-corrected chi connectivity index (χ2v) is 5.69. The molecule has 3 rings (SSSR count). The Balaban J connectivity index is 1.59. The van der Waals surface area contributed by atoms with Crippen LogP contribution in [-0.4, -0.2) is 70.7 Å². The van der Waals surface area contributed by atoms with Crippen LogP contribution in [0.15, 0.2) is 29.1 Å². The molecule has 2 N–H and O–H groups in total. The minimum absolute atomic E-state index is 0.0617. The Bertz CT molecular complexity index is 677. The number of hydrogen-bond donors (Lipinski definition) is 2. The van der Waals surface area contributed by atoms with Gasteiger partial charge in [-0.05, 0) is 12.1 Å². The van der Waals surface area contributed by atoms with Gasteiger partial charge in [-0.2, -0.15) is 0 Å². The molecule has 6 heteroatoms. The van der Waals surface area contributed by atoms with Gasteiger partial charge in [-0.15, -0.1) is 0 Å². The summed E-state index contributed by atoms with van der Waals surface area (Å²) >= 11 is 0. The molecule has 0 radical (unpaired) electrons. The lowest BCUT2D eigenvalue weighted by atomic mass is 10.2. The molecule has 0 amide bonds. The Morgan fingerprint density at radius 3 is 2.50 bits per heavy atom. The highest BCUT2D eigenvalue weighted by molar-refractivity contribution is 5.77. The molecule has 1 aliphatic heterocycles. The fourth-order valence-corrected chi connectivity index (χ4v) is 2.90. The molecular weight excluding hydrogens is 280 g/mol. The van der Waals surface area contributed by atoms with Crippen molar-refractivity contribution in [2.45, 2.75) is 6.42 Å². The molecule has 0 bridgehead atoms. The summed E-state index contributed by atoms with van der Waals surface area (Å²) in [6.45, 7) is 5.85. The van der Waals surface area contributed by atoms with E-state index in [1.807, 2.05) is 18.2 Å². The van der Waals surface area contributed by atoms with Crippen molar-refractivity contribution in [2.24, 2.45) is 0 Å². The van der Waals surface area contributed by atoms with Crippen LogP contribution in [0, 0.1) is 0 Å². The Morgan fingerprint density at radius 2 is 1.77 bits per heavy atom. The third-order valence-electron chi connectivity index (χ3n) is 4.21. The monoisotopic (exact) mass is 302 g/mol. The molecule has 2 heterocycles. The predicted octanol–water partition coefficient (Wildman–Crippen LogP) is 0.0755. The normalized spacial score (nSPS) is 17.1. The average molecular weight is 302 g/mol. The van der Waals surface area contributed by atoms with E-state index in [0.29, 0.717) is 5.39 Å². The fraction of sp³-hybridized carbons (Fsp3) is 0.500. The molecular formula is C16H22N4O2. The molecule has 0 aliphatic carbocycles. The SMILES string of the molecule is O=c1[nH]c(CCN2CCN(CCO)CC2)nc2ccccc12. The minimum atomic E-state index is -0.0617. The van der Waals surface area contributed by atoms with Crippen LogP contribution in [0.2, 0.25) is 0 Å². The number of aliphatic hydroxyl groups excluding tert-OH is 1. The highest BCUT2D eigenvalue weighted by atomic mass is 16.3. The lowest BCUT2D eigenvalue weighted by Crippen LogP contribution is -2.47. The number of nitrogens with zero attached hydrogens (tertiary/aromatic N) is 3. The molecule has 1 aliphatic rings. The summed E-state index contributed by atoms with van der Waals surface area (Å²) in [7, 11) is 0. The largest absolute Gasteiger partial charge is 0.395 e. The Kier molecular flexibility index (Phi) is 4.82. The van der Waals surface area contributed by atoms with E-state index in [4.69, 9.17) is 5.11 Å². The highest BCUT2D eigenvalue weighted by Crippen LogP contribution is 2.07. The molecule has 2 aromatic rings. The summed E-state index contributed by atoms with van der Waals surface area (Å²) in [5.74, 6) is 0.751. The summed E-state index contributed by atoms with van der Waals surface area (Å²) in [5.41, 5.74) is 0.697. The van der Waals surface area contributed by atoms with Crippen molar-refractivity contribution in [2.75, 3.05) is 45.9 Å². The molecule has 0 saturated carbocycles. The molecule has 1 aromatic carbocycles. The number of rotatable bonds is 5. The van der Waals surface area contributed by atoms with Crippen LogP contribution >= 0.6 is 0 Å². The van der Waals surface area contributed by atoms with E-state index in [-0.39, 0.29) is 12.2 Å². The standard InChI is InChI=1S/C16H22N4O2/c21-12-11-20-9-7-19(8-10-20)6-5-15-17-14-4-2-1-3-13(14)16(22)18-15/h1-4,21H,5-12H2,(H,17,18,22). The molecule has 0 unspecified atom stereocenters. The molecule has 118 valence electrons. The smallest absolute Gasteiger partial charge is 0.258 e. The Hall–Kier alpha value is -1.76. The number of H-pyrrole nitrogens is 1. The van der Waals surface area contributed by atoms with Gasteiger partial charge >= 0.3 is 0 Å².